The molecule has 3 rings (SSSR count). The van der Waals surface area contributed by atoms with E-state index >= 15 is 0 Å². The lowest BCUT2D eigenvalue weighted by Crippen LogP contribution is -1.99. The van der Waals surface area contributed by atoms with Gasteiger partial charge < -0.3 is 14.9 Å². The van der Waals surface area contributed by atoms with Gasteiger partial charge in [-0.25, -0.2) is 9.97 Å². The van der Waals surface area contributed by atoms with Crippen molar-refractivity contribution in [3.05, 3.63) is 48.1 Å². The normalized spacial score (nSPS) is 10.5. The Bertz CT molecular complexity index is 722. The molecule has 2 aromatic heterocycles. The van der Waals surface area contributed by atoms with Crippen LogP contribution in [-0.4, -0.2) is 25.2 Å². The molecule has 0 saturated carbocycles. The molecule has 1 aromatic carbocycles. The quantitative estimate of drug-likeness (QED) is 0.708. The lowest BCUT2D eigenvalue weighted by molar-refractivity contribution is 0.384. The lowest BCUT2D eigenvalue weighted by atomic mass is 10.3. The highest BCUT2D eigenvalue weighted by atomic mass is 16.5. The van der Waals surface area contributed by atoms with Crippen LogP contribution < -0.4 is 5.32 Å². The molecule has 0 aliphatic carbocycles. The van der Waals surface area contributed by atoms with Gasteiger partial charge in [-0.15, -0.1) is 0 Å². The molecule has 0 amide bonds. The van der Waals surface area contributed by atoms with Crippen LogP contribution in [0, 0.1) is 6.92 Å². The third-order valence-corrected chi connectivity index (χ3v) is 2.76. The number of phenolic OH excluding ortho intramolecular Hbond substituents is 1. The van der Waals surface area contributed by atoms with Gasteiger partial charge in [0.1, 0.15) is 5.75 Å². The first-order valence-electron chi connectivity index (χ1n) is 6.35. The predicted molar refractivity (Wildman–Crippen MR) is 75.5 cm³/mol. The maximum absolute atomic E-state index is 9.21. The molecule has 0 radical (unpaired) electrons. The standard InChI is InChI=1S/C14H13N5O2/c1-9-6-16-13(17-7-9)14-18-12(21-19-14)8-15-10-2-4-11(20)5-3-10/h2-7,15,20H,8H2,1H3. The number of anilines is 1. The van der Waals surface area contributed by atoms with Crippen LogP contribution in [-0.2, 0) is 6.54 Å². The summed E-state index contributed by atoms with van der Waals surface area (Å²) in [5.74, 6) is 1.44. The molecule has 0 bridgehead atoms. The van der Waals surface area contributed by atoms with Crippen molar-refractivity contribution in [2.45, 2.75) is 13.5 Å². The number of nitrogens with zero attached hydrogens (tertiary/aromatic N) is 4. The number of hydrogen-bond donors (Lipinski definition) is 2. The summed E-state index contributed by atoms with van der Waals surface area (Å²) in [6.07, 6.45) is 3.40. The average Bonchev–Trinajstić information content (AvgIpc) is 2.96. The number of hydrogen-bond acceptors (Lipinski definition) is 7. The molecule has 0 unspecified atom stereocenters. The van der Waals surface area contributed by atoms with E-state index in [1.807, 2.05) is 6.92 Å². The fourth-order valence-corrected chi connectivity index (χ4v) is 1.68. The second-order valence-electron chi connectivity index (χ2n) is 4.50. The summed E-state index contributed by atoms with van der Waals surface area (Å²) in [7, 11) is 0. The Labute approximate surface area is 120 Å². The Balaban J connectivity index is 1.67. The number of aromatic nitrogens is 4. The van der Waals surface area contributed by atoms with Crippen LogP contribution in [0.15, 0.2) is 41.2 Å². The monoisotopic (exact) mass is 283 g/mol. The molecule has 2 heterocycles. The predicted octanol–water partition coefficient (Wildman–Crippen LogP) is 2.15. The van der Waals surface area contributed by atoms with E-state index in [0.717, 1.165) is 11.3 Å². The van der Waals surface area contributed by atoms with E-state index in [-0.39, 0.29) is 5.75 Å². The first-order valence-corrected chi connectivity index (χ1v) is 6.35. The molecule has 3 aromatic rings. The molecule has 0 aliphatic heterocycles. The zero-order valence-electron chi connectivity index (χ0n) is 11.3. The van der Waals surface area contributed by atoms with Gasteiger partial charge in [-0.1, -0.05) is 5.16 Å². The fraction of sp³-hybridized carbons (Fsp3) is 0.143. The Morgan fingerprint density at radius 2 is 1.81 bits per heavy atom. The van der Waals surface area contributed by atoms with Gasteiger partial charge in [0, 0.05) is 18.1 Å². The molecule has 0 atom stereocenters. The van der Waals surface area contributed by atoms with Crippen LogP contribution in [0.2, 0.25) is 0 Å². The molecule has 0 fully saturated rings. The Hall–Kier alpha value is -2.96. The van der Waals surface area contributed by atoms with Gasteiger partial charge in [0.2, 0.25) is 17.5 Å². The van der Waals surface area contributed by atoms with Crippen molar-refractivity contribution < 1.29 is 9.63 Å². The molecule has 0 spiro atoms. The fourth-order valence-electron chi connectivity index (χ4n) is 1.68. The molecule has 21 heavy (non-hydrogen) atoms. The summed E-state index contributed by atoms with van der Waals surface area (Å²) in [5.41, 5.74) is 1.82. The van der Waals surface area contributed by atoms with Gasteiger partial charge in [0.05, 0.1) is 6.54 Å². The smallest absolute Gasteiger partial charge is 0.246 e. The van der Waals surface area contributed by atoms with Crippen molar-refractivity contribution in [3.8, 4) is 17.4 Å². The second-order valence-corrected chi connectivity index (χ2v) is 4.50. The number of aryl methyl sites for hydroxylation is 1. The van der Waals surface area contributed by atoms with E-state index < -0.39 is 0 Å². The Kier molecular flexibility index (Phi) is 3.46. The summed E-state index contributed by atoms with van der Waals surface area (Å²) >= 11 is 0. The van der Waals surface area contributed by atoms with E-state index in [0.29, 0.717) is 24.1 Å². The lowest BCUT2D eigenvalue weighted by Gasteiger charge is -2.02. The highest BCUT2D eigenvalue weighted by Crippen LogP contribution is 2.15. The molecule has 0 saturated heterocycles. The zero-order chi connectivity index (χ0) is 14.7. The highest BCUT2D eigenvalue weighted by molar-refractivity contribution is 5.46. The highest BCUT2D eigenvalue weighted by Gasteiger charge is 2.10. The summed E-state index contributed by atoms with van der Waals surface area (Å²) in [4.78, 5) is 12.5. The van der Waals surface area contributed by atoms with Gasteiger partial charge in [0.25, 0.3) is 0 Å². The SMILES string of the molecule is Cc1cnc(-c2noc(CNc3ccc(O)cc3)n2)nc1. The second kappa shape index (κ2) is 5.58. The van der Waals surface area contributed by atoms with Crippen molar-refractivity contribution in [2.75, 3.05) is 5.32 Å². The van der Waals surface area contributed by atoms with Crippen molar-refractivity contribution in [1.29, 1.82) is 0 Å². The van der Waals surface area contributed by atoms with Crippen molar-refractivity contribution in [2.24, 2.45) is 0 Å². The minimum atomic E-state index is 0.220. The number of benzene rings is 1. The number of nitrogens with one attached hydrogen (secondary N) is 1. The summed E-state index contributed by atoms with van der Waals surface area (Å²) in [6.45, 7) is 2.29. The van der Waals surface area contributed by atoms with Crippen molar-refractivity contribution in [1.82, 2.24) is 20.1 Å². The van der Waals surface area contributed by atoms with E-state index in [9.17, 15) is 5.11 Å². The zero-order valence-corrected chi connectivity index (χ0v) is 11.3. The van der Waals surface area contributed by atoms with Crippen LogP contribution in [0.25, 0.3) is 11.6 Å². The van der Waals surface area contributed by atoms with E-state index in [1.165, 1.54) is 0 Å². The Morgan fingerprint density at radius 1 is 1.10 bits per heavy atom. The number of rotatable bonds is 4. The van der Waals surface area contributed by atoms with Crippen LogP contribution in [0.1, 0.15) is 11.5 Å². The van der Waals surface area contributed by atoms with Gasteiger partial charge in [-0.2, -0.15) is 4.98 Å². The summed E-state index contributed by atoms with van der Waals surface area (Å²) < 4.78 is 5.14. The van der Waals surface area contributed by atoms with Gasteiger partial charge >= 0.3 is 0 Å². The summed E-state index contributed by atoms with van der Waals surface area (Å²) in [6, 6.07) is 6.72. The van der Waals surface area contributed by atoms with Gasteiger partial charge in [0.15, 0.2) is 0 Å². The maximum atomic E-state index is 9.21. The third kappa shape index (κ3) is 3.14. The van der Waals surface area contributed by atoms with Crippen LogP contribution in [0.3, 0.4) is 0 Å². The molecule has 7 heteroatoms. The third-order valence-electron chi connectivity index (χ3n) is 2.76. The van der Waals surface area contributed by atoms with Crippen LogP contribution in [0.4, 0.5) is 5.69 Å². The van der Waals surface area contributed by atoms with Gasteiger partial charge in [-0.05, 0) is 36.8 Å². The van der Waals surface area contributed by atoms with Crippen molar-refractivity contribution >= 4 is 5.69 Å². The minimum Gasteiger partial charge on any atom is -0.508 e. The maximum Gasteiger partial charge on any atom is 0.246 e. The van der Waals surface area contributed by atoms with E-state index in [1.54, 1.807) is 36.7 Å². The minimum absolute atomic E-state index is 0.220. The van der Waals surface area contributed by atoms with E-state index in [4.69, 9.17) is 4.52 Å². The van der Waals surface area contributed by atoms with Crippen LogP contribution in [0.5, 0.6) is 5.75 Å². The molecular weight excluding hydrogens is 270 g/mol. The molecule has 106 valence electrons. The topological polar surface area (TPSA) is 97.0 Å². The molecule has 2 N–H and O–H groups in total. The van der Waals surface area contributed by atoms with Gasteiger partial charge in [-0.3, -0.25) is 0 Å². The average molecular weight is 283 g/mol. The molecular formula is C14H13N5O2. The van der Waals surface area contributed by atoms with Crippen LogP contribution >= 0.6 is 0 Å². The van der Waals surface area contributed by atoms with Crippen molar-refractivity contribution in [3.63, 3.8) is 0 Å². The molecule has 0 aliphatic rings. The first-order chi connectivity index (χ1) is 10.2. The number of phenols is 1. The van der Waals surface area contributed by atoms with E-state index in [2.05, 4.69) is 25.4 Å². The summed E-state index contributed by atoms with van der Waals surface area (Å²) in [5, 5.41) is 16.2. The Morgan fingerprint density at radius 3 is 2.52 bits per heavy atom. The largest absolute Gasteiger partial charge is 0.508 e. The number of aromatic hydroxyl groups is 1. The molecule has 7 nitrogen and oxygen atoms in total. The first kappa shape index (κ1) is 13.0.